The van der Waals surface area contributed by atoms with Gasteiger partial charge in [0.25, 0.3) is 0 Å². The zero-order valence-electron chi connectivity index (χ0n) is 29.2. The fourth-order valence-electron chi connectivity index (χ4n) is 7.11. The summed E-state index contributed by atoms with van der Waals surface area (Å²) in [6, 6.07) is 30.4. The van der Waals surface area contributed by atoms with E-state index in [2.05, 4.69) is 34.9 Å². The van der Waals surface area contributed by atoms with Crippen LogP contribution >= 0.6 is 0 Å². The number of carbonyl (C=O) groups is 4. The van der Waals surface area contributed by atoms with Gasteiger partial charge in [0.2, 0.25) is 0 Å². The van der Waals surface area contributed by atoms with E-state index in [9.17, 15) is 19.2 Å². The van der Waals surface area contributed by atoms with Crippen LogP contribution < -0.4 is 10.6 Å². The second kappa shape index (κ2) is 16.9. The molecule has 6 rings (SSSR count). The number of nitrogens with one attached hydrogen (secondary N) is 2. The predicted octanol–water partition coefficient (Wildman–Crippen LogP) is 7.26. The van der Waals surface area contributed by atoms with E-state index in [1.54, 1.807) is 0 Å². The maximum atomic E-state index is 12.8. The van der Waals surface area contributed by atoms with E-state index >= 15 is 0 Å². The molecule has 0 heterocycles. The number of hydrogen-bond acceptors (Lipinski definition) is 8. The van der Waals surface area contributed by atoms with Crippen LogP contribution in [0, 0.1) is 0 Å². The summed E-state index contributed by atoms with van der Waals surface area (Å²) in [6.07, 6.45) is 3.69. The first-order valence-corrected chi connectivity index (χ1v) is 17.4. The van der Waals surface area contributed by atoms with Crippen LogP contribution in [0.15, 0.2) is 109 Å². The van der Waals surface area contributed by atoms with Crippen LogP contribution in [0.3, 0.4) is 0 Å². The molecule has 4 aromatic rings. The summed E-state index contributed by atoms with van der Waals surface area (Å²) >= 11 is 0. The average Bonchev–Trinajstić information content (AvgIpc) is 3.68. The van der Waals surface area contributed by atoms with Gasteiger partial charge < -0.3 is 29.6 Å². The minimum absolute atomic E-state index is 0.106. The Kier molecular flexibility index (Phi) is 11.7. The molecule has 2 atom stereocenters. The highest BCUT2D eigenvalue weighted by atomic mass is 16.6. The molecule has 2 amide bonds. The number of methoxy groups -OCH3 is 2. The van der Waals surface area contributed by atoms with Gasteiger partial charge in [0.1, 0.15) is 25.3 Å². The van der Waals surface area contributed by atoms with Crippen LogP contribution in [-0.4, -0.2) is 63.6 Å². The zero-order valence-corrected chi connectivity index (χ0v) is 29.2. The number of fused-ring (bicyclic) bond motifs is 6. The third-order valence-corrected chi connectivity index (χ3v) is 9.65. The summed E-state index contributed by atoms with van der Waals surface area (Å²) in [4.78, 5) is 50.6. The molecule has 268 valence electrons. The largest absolute Gasteiger partial charge is 0.467 e. The second-order valence-electron chi connectivity index (χ2n) is 12.7. The standard InChI is InChI=1S/C42H42N2O8/c1-49-39(45)37(43-41(47)51-25-35-31-19-11-7-15-27(31)28-16-8-12-20-32(28)35)23-5-3-4-6-24-38(40(46)50-2)44-42(48)52-26-36-33-21-13-9-17-29(33)30-18-10-14-22-34(30)36/h3-4,7-22,35-38H,5-6,23-26H2,1-2H3,(H,43,47)(H,44,48)/b4-3+. The second-order valence-corrected chi connectivity index (χ2v) is 12.7. The molecule has 2 N–H and O–H groups in total. The minimum Gasteiger partial charge on any atom is -0.467 e. The minimum atomic E-state index is -0.914. The predicted molar refractivity (Wildman–Crippen MR) is 196 cm³/mol. The van der Waals surface area contributed by atoms with E-state index in [4.69, 9.17) is 18.9 Å². The molecular weight excluding hydrogens is 660 g/mol. The molecule has 0 saturated heterocycles. The lowest BCUT2D eigenvalue weighted by molar-refractivity contribution is -0.143. The van der Waals surface area contributed by atoms with E-state index in [-0.39, 0.29) is 37.9 Å². The smallest absolute Gasteiger partial charge is 0.407 e. The van der Waals surface area contributed by atoms with Crippen molar-refractivity contribution in [3.8, 4) is 22.3 Å². The van der Waals surface area contributed by atoms with E-state index in [0.29, 0.717) is 12.8 Å². The highest BCUT2D eigenvalue weighted by Crippen LogP contribution is 2.45. The maximum absolute atomic E-state index is 12.8. The Morgan fingerprint density at radius 1 is 0.538 bits per heavy atom. The van der Waals surface area contributed by atoms with Crippen LogP contribution in [0.2, 0.25) is 0 Å². The Labute approximate surface area is 303 Å². The van der Waals surface area contributed by atoms with Crippen LogP contribution in [0.1, 0.15) is 59.8 Å². The number of amides is 2. The molecule has 10 nitrogen and oxygen atoms in total. The number of hydrogen-bond donors (Lipinski definition) is 2. The average molecular weight is 703 g/mol. The molecule has 10 heteroatoms. The summed E-state index contributed by atoms with van der Waals surface area (Å²) in [5, 5.41) is 5.29. The molecule has 0 fully saturated rings. The first-order chi connectivity index (χ1) is 25.4. The van der Waals surface area contributed by atoms with Crippen molar-refractivity contribution in [2.75, 3.05) is 27.4 Å². The highest BCUT2D eigenvalue weighted by molar-refractivity contribution is 5.83. The molecule has 2 unspecified atom stereocenters. The molecule has 0 aromatic heterocycles. The first-order valence-electron chi connectivity index (χ1n) is 17.4. The van der Waals surface area contributed by atoms with Crippen molar-refractivity contribution in [3.05, 3.63) is 131 Å². The monoisotopic (exact) mass is 702 g/mol. The van der Waals surface area contributed by atoms with Gasteiger partial charge >= 0.3 is 24.1 Å². The third-order valence-electron chi connectivity index (χ3n) is 9.65. The maximum Gasteiger partial charge on any atom is 0.407 e. The van der Waals surface area contributed by atoms with Crippen molar-refractivity contribution in [2.24, 2.45) is 0 Å². The highest BCUT2D eigenvalue weighted by Gasteiger charge is 2.31. The Morgan fingerprint density at radius 3 is 1.15 bits per heavy atom. The molecule has 2 aliphatic rings. The van der Waals surface area contributed by atoms with Crippen molar-refractivity contribution >= 4 is 24.1 Å². The summed E-state index contributed by atoms with van der Waals surface area (Å²) in [5.41, 5.74) is 8.86. The SMILES string of the molecule is COC(=O)C(CC/C=C/CCC(NC(=O)OCC1c2ccccc2-c2ccccc21)C(=O)OC)NC(=O)OCC1c2ccccc2-c2ccccc21. The Morgan fingerprint density at radius 2 is 0.846 bits per heavy atom. The summed E-state index contributed by atoms with van der Waals surface area (Å²) in [5.74, 6) is -1.38. The van der Waals surface area contributed by atoms with Crippen LogP contribution in [0.25, 0.3) is 22.3 Å². The van der Waals surface area contributed by atoms with Crippen molar-refractivity contribution in [3.63, 3.8) is 0 Å². The fourth-order valence-corrected chi connectivity index (χ4v) is 7.11. The molecule has 0 saturated carbocycles. The van der Waals surface area contributed by atoms with Crippen molar-refractivity contribution in [1.29, 1.82) is 0 Å². The van der Waals surface area contributed by atoms with Gasteiger partial charge in [0.15, 0.2) is 0 Å². The lowest BCUT2D eigenvalue weighted by Crippen LogP contribution is -2.42. The number of carbonyl (C=O) groups excluding carboxylic acids is 4. The quantitative estimate of drug-likeness (QED) is 0.0798. The van der Waals surface area contributed by atoms with Gasteiger partial charge in [-0.2, -0.15) is 0 Å². The summed E-state index contributed by atoms with van der Waals surface area (Å²) in [6.45, 7) is 0.248. The number of alkyl carbamates (subject to hydrolysis) is 2. The summed E-state index contributed by atoms with van der Waals surface area (Å²) < 4.78 is 21.1. The molecule has 0 aliphatic heterocycles. The van der Waals surface area contributed by atoms with Gasteiger partial charge in [-0.3, -0.25) is 0 Å². The van der Waals surface area contributed by atoms with Gasteiger partial charge in [-0.25, -0.2) is 19.2 Å². The Hall–Kier alpha value is -5.90. The molecule has 0 bridgehead atoms. The van der Waals surface area contributed by atoms with E-state index in [0.717, 1.165) is 44.5 Å². The normalized spacial score (nSPS) is 14.0. The number of rotatable bonds is 14. The Bertz CT molecular complexity index is 1730. The van der Waals surface area contributed by atoms with E-state index in [1.807, 2.05) is 84.9 Å². The third kappa shape index (κ3) is 8.01. The molecule has 0 radical (unpaired) electrons. The van der Waals surface area contributed by atoms with Crippen molar-refractivity contribution in [1.82, 2.24) is 10.6 Å². The topological polar surface area (TPSA) is 129 Å². The van der Waals surface area contributed by atoms with Gasteiger partial charge in [0, 0.05) is 11.8 Å². The van der Waals surface area contributed by atoms with Gasteiger partial charge in [-0.15, -0.1) is 0 Å². The molecular formula is C42H42N2O8. The van der Waals surface area contributed by atoms with E-state index < -0.39 is 36.2 Å². The first kappa shape index (κ1) is 35.9. The number of esters is 2. The lowest BCUT2D eigenvalue weighted by atomic mass is 9.98. The Balaban J connectivity index is 0.956. The molecule has 2 aliphatic carbocycles. The van der Waals surface area contributed by atoms with Crippen LogP contribution in [-0.2, 0) is 28.5 Å². The van der Waals surface area contributed by atoms with Crippen LogP contribution in [0.5, 0.6) is 0 Å². The lowest BCUT2D eigenvalue weighted by Gasteiger charge is -2.18. The molecule has 52 heavy (non-hydrogen) atoms. The fraction of sp³-hybridized carbons (Fsp3) is 0.286. The van der Waals surface area contributed by atoms with Gasteiger partial charge in [-0.1, -0.05) is 109 Å². The molecule has 0 spiro atoms. The number of benzene rings is 4. The molecule has 4 aromatic carbocycles. The number of allylic oxidation sites excluding steroid dienone is 2. The van der Waals surface area contributed by atoms with Gasteiger partial charge in [-0.05, 0) is 70.2 Å². The van der Waals surface area contributed by atoms with Crippen molar-refractivity contribution < 1.29 is 38.1 Å². The van der Waals surface area contributed by atoms with Crippen LogP contribution in [0.4, 0.5) is 9.59 Å². The number of ether oxygens (including phenoxy) is 4. The van der Waals surface area contributed by atoms with E-state index in [1.165, 1.54) is 14.2 Å². The zero-order chi connectivity index (χ0) is 36.5. The summed E-state index contributed by atoms with van der Waals surface area (Å²) in [7, 11) is 2.53. The van der Waals surface area contributed by atoms with Gasteiger partial charge in [0.05, 0.1) is 14.2 Å². The van der Waals surface area contributed by atoms with Crippen molar-refractivity contribution in [2.45, 2.75) is 49.6 Å².